The van der Waals surface area contributed by atoms with Crippen LogP contribution < -0.4 is 0 Å². The minimum absolute atomic E-state index is 0.114. The van der Waals surface area contributed by atoms with Gasteiger partial charge in [-0.25, -0.2) is 4.79 Å². The molecule has 1 atom stereocenters. The summed E-state index contributed by atoms with van der Waals surface area (Å²) in [6.07, 6.45) is 0.869. The van der Waals surface area contributed by atoms with E-state index in [1.807, 2.05) is 6.07 Å². The van der Waals surface area contributed by atoms with Crippen LogP contribution in [0.4, 0.5) is 0 Å². The van der Waals surface area contributed by atoms with E-state index in [4.69, 9.17) is 10.00 Å². The van der Waals surface area contributed by atoms with Crippen molar-refractivity contribution < 1.29 is 14.3 Å². The summed E-state index contributed by atoms with van der Waals surface area (Å²) in [5, 5.41) is 8.81. The molecule has 0 amide bonds. The van der Waals surface area contributed by atoms with Gasteiger partial charge in [-0.3, -0.25) is 0 Å². The van der Waals surface area contributed by atoms with Crippen molar-refractivity contribution in [1.82, 2.24) is 0 Å². The number of hydrogen-bond acceptors (Lipinski definition) is 4. The Bertz CT molecular complexity index is 295. The van der Waals surface area contributed by atoms with Gasteiger partial charge < -0.3 is 9.47 Å². The fourth-order valence-electron chi connectivity index (χ4n) is 1.48. The molecule has 0 radical (unpaired) electrons. The zero-order chi connectivity index (χ0) is 10.6. The molecule has 1 aliphatic rings. The number of rotatable bonds is 2. The lowest BCUT2D eigenvalue weighted by Crippen LogP contribution is -2.11. The van der Waals surface area contributed by atoms with Crippen molar-refractivity contribution in [3.63, 3.8) is 0 Å². The molecular formula is C10H13NO3. The summed E-state index contributed by atoms with van der Waals surface area (Å²) in [4.78, 5) is 11.2. The van der Waals surface area contributed by atoms with Crippen LogP contribution in [-0.4, -0.2) is 26.3 Å². The van der Waals surface area contributed by atoms with Crippen molar-refractivity contribution in [3.05, 3.63) is 11.1 Å². The van der Waals surface area contributed by atoms with Gasteiger partial charge in [-0.1, -0.05) is 0 Å². The maximum Gasteiger partial charge on any atom is 0.348 e. The zero-order valence-corrected chi connectivity index (χ0v) is 8.37. The largest absolute Gasteiger partial charge is 0.465 e. The van der Waals surface area contributed by atoms with Crippen molar-refractivity contribution in [3.8, 4) is 6.07 Å². The monoisotopic (exact) mass is 195 g/mol. The molecule has 0 saturated carbocycles. The highest BCUT2D eigenvalue weighted by atomic mass is 16.5. The van der Waals surface area contributed by atoms with Gasteiger partial charge in [0.25, 0.3) is 0 Å². The van der Waals surface area contributed by atoms with Gasteiger partial charge in [-0.2, -0.15) is 5.26 Å². The fraction of sp³-hybridized carbons (Fsp3) is 0.600. The maximum absolute atomic E-state index is 11.2. The number of nitriles is 1. The molecule has 4 heteroatoms. The van der Waals surface area contributed by atoms with Gasteiger partial charge in [0.05, 0.1) is 13.7 Å². The second-order valence-corrected chi connectivity index (χ2v) is 3.22. The molecule has 1 saturated heterocycles. The number of methoxy groups -OCH3 is 1. The second-order valence-electron chi connectivity index (χ2n) is 3.22. The standard InChI is InChI=1S/C10H13NO3/c1-7(8-3-4-14-6-8)9(5-11)10(12)13-2/h8H,3-4,6H2,1-2H3/b9-7+. The molecule has 1 aliphatic heterocycles. The van der Waals surface area contributed by atoms with E-state index >= 15 is 0 Å². The van der Waals surface area contributed by atoms with Crippen LogP contribution in [0.25, 0.3) is 0 Å². The third kappa shape index (κ3) is 2.12. The molecule has 14 heavy (non-hydrogen) atoms. The Hall–Kier alpha value is -1.34. The summed E-state index contributed by atoms with van der Waals surface area (Å²) in [6, 6.07) is 1.88. The highest BCUT2D eigenvalue weighted by Crippen LogP contribution is 2.23. The Kier molecular flexibility index (Phi) is 3.66. The molecule has 0 aromatic heterocycles. The van der Waals surface area contributed by atoms with Crippen molar-refractivity contribution in [2.45, 2.75) is 13.3 Å². The molecule has 0 aromatic rings. The summed E-state index contributed by atoms with van der Waals surface area (Å²) in [5.74, 6) is -0.374. The van der Waals surface area contributed by atoms with E-state index in [1.54, 1.807) is 6.92 Å². The Labute approximate surface area is 83.1 Å². The smallest absolute Gasteiger partial charge is 0.348 e. The molecule has 4 nitrogen and oxygen atoms in total. The SMILES string of the molecule is COC(=O)/C(C#N)=C(\C)C1CCOC1. The minimum Gasteiger partial charge on any atom is -0.465 e. The van der Waals surface area contributed by atoms with Crippen molar-refractivity contribution in [2.75, 3.05) is 20.3 Å². The van der Waals surface area contributed by atoms with Gasteiger partial charge in [0.1, 0.15) is 11.6 Å². The van der Waals surface area contributed by atoms with Gasteiger partial charge in [-0.15, -0.1) is 0 Å². The minimum atomic E-state index is -0.558. The van der Waals surface area contributed by atoms with E-state index in [0.717, 1.165) is 12.0 Å². The highest BCUT2D eigenvalue weighted by molar-refractivity contribution is 5.93. The van der Waals surface area contributed by atoms with Gasteiger partial charge in [0.2, 0.25) is 0 Å². The van der Waals surface area contributed by atoms with E-state index < -0.39 is 5.97 Å². The second kappa shape index (κ2) is 4.77. The number of esters is 1. The van der Waals surface area contributed by atoms with Crippen LogP contribution in [0.3, 0.4) is 0 Å². The molecule has 1 fully saturated rings. The molecule has 1 rings (SSSR count). The van der Waals surface area contributed by atoms with E-state index in [0.29, 0.717) is 13.2 Å². The number of carbonyl (C=O) groups is 1. The number of hydrogen-bond donors (Lipinski definition) is 0. The molecule has 0 spiro atoms. The van der Waals surface area contributed by atoms with E-state index in [2.05, 4.69) is 4.74 Å². The van der Waals surface area contributed by atoms with Crippen molar-refractivity contribution >= 4 is 5.97 Å². The highest BCUT2D eigenvalue weighted by Gasteiger charge is 2.23. The molecular weight excluding hydrogens is 182 g/mol. The topological polar surface area (TPSA) is 59.3 Å². The van der Waals surface area contributed by atoms with Crippen LogP contribution in [-0.2, 0) is 14.3 Å². The van der Waals surface area contributed by atoms with Crippen LogP contribution in [0, 0.1) is 17.2 Å². The summed E-state index contributed by atoms with van der Waals surface area (Å²) < 4.78 is 9.71. The summed E-state index contributed by atoms with van der Waals surface area (Å²) in [5.41, 5.74) is 0.889. The van der Waals surface area contributed by atoms with Gasteiger partial charge in [0, 0.05) is 12.5 Å². The molecule has 0 N–H and O–H groups in total. The quantitative estimate of drug-likeness (QED) is 0.375. The lowest BCUT2D eigenvalue weighted by Gasteiger charge is -2.09. The van der Waals surface area contributed by atoms with Gasteiger partial charge in [-0.05, 0) is 18.9 Å². The first kappa shape index (κ1) is 10.7. The fourth-order valence-corrected chi connectivity index (χ4v) is 1.48. The first-order chi connectivity index (χ1) is 6.70. The molecule has 0 aromatic carbocycles. The molecule has 0 aliphatic carbocycles. The first-order valence-corrected chi connectivity index (χ1v) is 4.47. The maximum atomic E-state index is 11.2. The predicted molar refractivity (Wildman–Crippen MR) is 49.3 cm³/mol. The van der Waals surface area contributed by atoms with E-state index in [9.17, 15) is 4.79 Å². The first-order valence-electron chi connectivity index (χ1n) is 4.47. The Balaban J connectivity index is 2.87. The van der Waals surface area contributed by atoms with E-state index in [-0.39, 0.29) is 11.5 Å². The summed E-state index contributed by atoms with van der Waals surface area (Å²) >= 11 is 0. The van der Waals surface area contributed by atoms with Crippen LogP contribution in [0.5, 0.6) is 0 Å². The molecule has 1 heterocycles. The van der Waals surface area contributed by atoms with Crippen molar-refractivity contribution in [2.24, 2.45) is 5.92 Å². The van der Waals surface area contributed by atoms with Gasteiger partial charge >= 0.3 is 5.97 Å². The average Bonchev–Trinajstić information content (AvgIpc) is 2.71. The third-order valence-electron chi connectivity index (χ3n) is 2.44. The number of ether oxygens (including phenoxy) is 2. The normalized spacial score (nSPS) is 22.5. The summed E-state index contributed by atoms with van der Waals surface area (Å²) in [7, 11) is 1.28. The van der Waals surface area contributed by atoms with Crippen LogP contribution in [0.1, 0.15) is 13.3 Å². The third-order valence-corrected chi connectivity index (χ3v) is 2.44. The molecule has 1 unspecified atom stereocenters. The Morgan fingerprint density at radius 1 is 1.64 bits per heavy atom. The molecule has 0 bridgehead atoms. The lowest BCUT2D eigenvalue weighted by molar-refractivity contribution is -0.135. The number of nitrogens with zero attached hydrogens (tertiary/aromatic N) is 1. The summed E-state index contributed by atoms with van der Waals surface area (Å²) in [6.45, 7) is 3.07. The molecule has 76 valence electrons. The van der Waals surface area contributed by atoms with Crippen LogP contribution in [0.2, 0.25) is 0 Å². The Morgan fingerprint density at radius 2 is 2.36 bits per heavy atom. The van der Waals surface area contributed by atoms with Gasteiger partial charge in [0.15, 0.2) is 0 Å². The predicted octanol–water partition coefficient (Wildman–Crippen LogP) is 1.04. The Morgan fingerprint density at radius 3 is 2.79 bits per heavy atom. The average molecular weight is 195 g/mol. The van der Waals surface area contributed by atoms with Crippen molar-refractivity contribution in [1.29, 1.82) is 5.26 Å². The van der Waals surface area contributed by atoms with Crippen LogP contribution in [0.15, 0.2) is 11.1 Å². The van der Waals surface area contributed by atoms with E-state index in [1.165, 1.54) is 7.11 Å². The van der Waals surface area contributed by atoms with Crippen LogP contribution >= 0.6 is 0 Å². The number of carbonyl (C=O) groups excluding carboxylic acids is 1. The zero-order valence-electron chi connectivity index (χ0n) is 8.37. The lowest BCUT2D eigenvalue weighted by atomic mass is 9.95.